The van der Waals surface area contributed by atoms with Crippen LogP contribution in [0.15, 0.2) is 18.5 Å². The second-order valence-corrected chi connectivity index (χ2v) is 2.67. The predicted molar refractivity (Wildman–Crippen MR) is 45.9 cm³/mol. The van der Waals surface area contributed by atoms with Gasteiger partial charge in [0.2, 0.25) is 0 Å². The van der Waals surface area contributed by atoms with Crippen molar-refractivity contribution < 1.29 is 0 Å². The van der Waals surface area contributed by atoms with Crippen molar-refractivity contribution in [1.29, 1.82) is 0 Å². The molecule has 56 valence electrons. The summed E-state index contributed by atoms with van der Waals surface area (Å²) in [5.41, 5.74) is 2.26. The summed E-state index contributed by atoms with van der Waals surface area (Å²) in [6.07, 6.45) is 11.3. The van der Waals surface area contributed by atoms with Gasteiger partial charge in [0.05, 0.1) is 17.7 Å². The number of hydrogen-bond acceptors (Lipinski definition) is 1. The number of allylic oxidation sites excluding steroid dienone is 2. The molecule has 2 nitrogen and oxygen atoms in total. The Kier molecular flexibility index (Phi) is 1.39. The third-order valence-corrected chi connectivity index (χ3v) is 1.84. The van der Waals surface area contributed by atoms with Crippen LogP contribution in [0, 0.1) is 0 Å². The molecule has 0 atom stereocenters. The average molecular weight is 146 g/mol. The van der Waals surface area contributed by atoms with E-state index in [9.17, 15) is 0 Å². The molecule has 0 aliphatic heterocycles. The first-order valence-corrected chi connectivity index (χ1v) is 3.72. The Morgan fingerprint density at radius 1 is 1.36 bits per heavy atom. The highest BCUT2D eigenvalue weighted by atomic mass is 15.0. The van der Waals surface area contributed by atoms with Crippen LogP contribution in [-0.4, -0.2) is 9.55 Å². The minimum atomic E-state index is 1.01. The molecule has 1 heterocycles. The van der Waals surface area contributed by atoms with Gasteiger partial charge in [0.25, 0.3) is 0 Å². The van der Waals surface area contributed by atoms with Crippen LogP contribution in [0.25, 0.3) is 12.2 Å². The fourth-order valence-electron chi connectivity index (χ4n) is 1.23. The van der Waals surface area contributed by atoms with Gasteiger partial charge in [-0.1, -0.05) is 12.2 Å². The maximum Gasteiger partial charge on any atom is 0.0955 e. The van der Waals surface area contributed by atoms with E-state index < -0.39 is 0 Å². The summed E-state index contributed by atoms with van der Waals surface area (Å²) in [5, 5.41) is 0. The van der Waals surface area contributed by atoms with E-state index in [1.165, 1.54) is 5.69 Å². The highest BCUT2D eigenvalue weighted by Crippen LogP contribution is 2.14. The van der Waals surface area contributed by atoms with Crippen LogP contribution in [-0.2, 0) is 7.05 Å². The number of rotatable bonds is 0. The van der Waals surface area contributed by atoms with Crippen molar-refractivity contribution in [3.8, 4) is 0 Å². The fraction of sp³-hybridized carbons (Fsp3) is 0.222. The first-order valence-electron chi connectivity index (χ1n) is 3.72. The van der Waals surface area contributed by atoms with Crippen molar-refractivity contribution in [3.63, 3.8) is 0 Å². The molecule has 2 heteroatoms. The molecule has 0 unspecified atom stereocenters. The normalized spacial score (nSPS) is 14.6. The third kappa shape index (κ3) is 1.00. The Morgan fingerprint density at radius 2 is 2.18 bits per heavy atom. The Hall–Kier alpha value is -1.31. The Morgan fingerprint density at radius 3 is 3.09 bits per heavy atom. The van der Waals surface area contributed by atoms with E-state index in [-0.39, 0.29) is 0 Å². The highest BCUT2D eigenvalue weighted by Gasteiger charge is 2.02. The maximum absolute atomic E-state index is 4.24. The van der Waals surface area contributed by atoms with Gasteiger partial charge in [0.15, 0.2) is 0 Å². The summed E-state index contributed by atoms with van der Waals surface area (Å²) >= 11 is 0. The molecule has 0 saturated carbocycles. The van der Waals surface area contributed by atoms with Gasteiger partial charge in [0, 0.05) is 7.05 Å². The summed E-state index contributed by atoms with van der Waals surface area (Å²) in [7, 11) is 2.01. The predicted octanol–water partition coefficient (Wildman–Crippen LogP) is 1.85. The van der Waals surface area contributed by atoms with Crippen LogP contribution in [0.1, 0.15) is 17.8 Å². The van der Waals surface area contributed by atoms with E-state index >= 15 is 0 Å². The molecule has 0 radical (unpaired) electrons. The zero-order valence-corrected chi connectivity index (χ0v) is 6.49. The van der Waals surface area contributed by atoms with Crippen LogP contribution in [0.3, 0.4) is 0 Å². The number of aromatic nitrogens is 2. The monoisotopic (exact) mass is 146 g/mol. The SMILES string of the molecule is Cn1cnc2c1C=CCC=C2. The first-order chi connectivity index (χ1) is 5.38. The Balaban J connectivity index is 2.60. The van der Waals surface area contributed by atoms with Gasteiger partial charge in [-0.25, -0.2) is 4.98 Å². The van der Waals surface area contributed by atoms with Crippen molar-refractivity contribution in [3.05, 3.63) is 29.9 Å². The molecule has 2 rings (SSSR count). The van der Waals surface area contributed by atoms with Gasteiger partial charge in [0.1, 0.15) is 0 Å². The zero-order chi connectivity index (χ0) is 7.68. The molecule has 0 aromatic carbocycles. The van der Waals surface area contributed by atoms with E-state index in [0.717, 1.165) is 12.1 Å². The van der Waals surface area contributed by atoms with Gasteiger partial charge in [-0.3, -0.25) is 0 Å². The molecule has 11 heavy (non-hydrogen) atoms. The molecule has 1 aliphatic carbocycles. The highest BCUT2D eigenvalue weighted by molar-refractivity contribution is 5.62. The molecule has 1 aliphatic rings. The third-order valence-electron chi connectivity index (χ3n) is 1.84. The fourth-order valence-corrected chi connectivity index (χ4v) is 1.23. The van der Waals surface area contributed by atoms with Crippen LogP contribution in [0.4, 0.5) is 0 Å². The van der Waals surface area contributed by atoms with Gasteiger partial charge in [-0.2, -0.15) is 0 Å². The van der Waals surface area contributed by atoms with Crippen LogP contribution < -0.4 is 0 Å². The number of aryl methyl sites for hydroxylation is 1. The van der Waals surface area contributed by atoms with Crippen molar-refractivity contribution in [2.75, 3.05) is 0 Å². The molecule has 0 saturated heterocycles. The Labute approximate surface area is 65.9 Å². The van der Waals surface area contributed by atoms with Crippen molar-refractivity contribution in [2.45, 2.75) is 6.42 Å². The number of hydrogen-bond donors (Lipinski definition) is 0. The van der Waals surface area contributed by atoms with Crippen molar-refractivity contribution in [2.24, 2.45) is 7.05 Å². The molecule has 0 N–H and O–H groups in total. The standard InChI is InChI=1S/C9H10N2/c1-11-7-10-8-5-3-2-4-6-9(8)11/h3-7H,2H2,1H3. The smallest absolute Gasteiger partial charge is 0.0955 e. The molecule has 0 amide bonds. The lowest BCUT2D eigenvalue weighted by Crippen LogP contribution is -1.88. The number of imidazole rings is 1. The second-order valence-electron chi connectivity index (χ2n) is 2.67. The Bertz CT molecular complexity index is 318. The quantitative estimate of drug-likeness (QED) is 0.546. The summed E-state index contributed by atoms with van der Waals surface area (Å²) in [6.45, 7) is 0. The molecular formula is C9H10N2. The summed E-state index contributed by atoms with van der Waals surface area (Å²) in [5.74, 6) is 0. The second kappa shape index (κ2) is 2.38. The van der Waals surface area contributed by atoms with E-state index in [2.05, 4.69) is 29.3 Å². The average Bonchev–Trinajstić information content (AvgIpc) is 2.25. The summed E-state index contributed by atoms with van der Waals surface area (Å²) in [4.78, 5) is 4.24. The first kappa shape index (κ1) is 6.40. The lowest BCUT2D eigenvalue weighted by Gasteiger charge is -1.93. The lowest BCUT2D eigenvalue weighted by atomic mass is 10.3. The van der Waals surface area contributed by atoms with Crippen LogP contribution in [0.5, 0.6) is 0 Å². The van der Waals surface area contributed by atoms with Crippen LogP contribution in [0.2, 0.25) is 0 Å². The number of fused-ring (bicyclic) bond motifs is 1. The summed E-state index contributed by atoms with van der Waals surface area (Å²) < 4.78 is 2.03. The van der Waals surface area contributed by atoms with E-state index in [4.69, 9.17) is 0 Å². The van der Waals surface area contributed by atoms with Crippen LogP contribution >= 0.6 is 0 Å². The molecule has 1 aromatic rings. The topological polar surface area (TPSA) is 17.8 Å². The van der Waals surface area contributed by atoms with Gasteiger partial charge >= 0.3 is 0 Å². The lowest BCUT2D eigenvalue weighted by molar-refractivity contribution is 0.902. The minimum Gasteiger partial charge on any atom is -0.334 e. The largest absolute Gasteiger partial charge is 0.334 e. The minimum absolute atomic E-state index is 1.01. The van der Waals surface area contributed by atoms with E-state index in [0.29, 0.717) is 0 Å². The van der Waals surface area contributed by atoms with Crippen molar-refractivity contribution in [1.82, 2.24) is 9.55 Å². The zero-order valence-electron chi connectivity index (χ0n) is 6.49. The molecule has 0 fully saturated rings. The molecule has 1 aromatic heterocycles. The molecular weight excluding hydrogens is 136 g/mol. The van der Waals surface area contributed by atoms with Gasteiger partial charge < -0.3 is 4.57 Å². The number of nitrogens with zero attached hydrogens (tertiary/aromatic N) is 2. The van der Waals surface area contributed by atoms with Crippen molar-refractivity contribution >= 4 is 12.2 Å². The van der Waals surface area contributed by atoms with Gasteiger partial charge in [-0.15, -0.1) is 0 Å². The molecule has 0 spiro atoms. The molecule has 0 bridgehead atoms. The summed E-state index contributed by atoms with van der Waals surface area (Å²) in [6, 6.07) is 0. The van der Waals surface area contributed by atoms with E-state index in [1.807, 2.05) is 17.9 Å². The van der Waals surface area contributed by atoms with Gasteiger partial charge in [-0.05, 0) is 18.6 Å². The maximum atomic E-state index is 4.24. The van der Waals surface area contributed by atoms with E-state index in [1.54, 1.807) is 0 Å².